The van der Waals surface area contributed by atoms with Gasteiger partial charge in [-0.1, -0.05) is 13.8 Å². The molecular weight excluding hydrogens is 412 g/mol. The fraction of sp³-hybridized carbons (Fsp3) is 0.333. The van der Waals surface area contributed by atoms with Crippen LogP contribution in [0, 0.1) is 5.92 Å². The number of nitrogens with zero attached hydrogens (tertiary/aromatic N) is 2. The highest BCUT2D eigenvalue weighted by Crippen LogP contribution is 2.26. The zero-order chi connectivity index (χ0) is 22.6. The molecule has 0 aliphatic carbocycles. The van der Waals surface area contributed by atoms with Crippen LogP contribution in [0.2, 0.25) is 0 Å². The molecule has 0 aliphatic rings. The molecule has 0 bridgehead atoms. The van der Waals surface area contributed by atoms with Crippen molar-refractivity contribution in [2.24, 2.45) is 17.4 Å². The van der Waals surface area contributed by atoms with Gasteiger partial charge in [0.25, 0.3) is 11.8 Å². The number of primary amides is 2. The molecule has 0 saturated carbocycles. The first-order valence-electron chi connectivity index (χ1n) is 8.91. The number of hydrogen-bond donors (Lipinski definition) is 4. The van der Waals surface area contributed by atoms with Crippen molar-refractivity contribution in [1.29, 1.82) is 0 Å². The Morgan fingerprint density at radius 1 is 1.10 bits per heavy atom. The lowest BCUT2D eigenvalue weighted by atomic mass is 10.1. The molecule has 12 heteroatoms. The van der Waals surface area contributed by atoms with Crippen LogP contribution in [0.25, 0.3) is 0 Å². The van der Waals surface area contributed by atoms with E-state index in [-0.39, 0.29) is 40.6 Å². The molecule has 2 rings (SSSR count). The fourth-order valence-electron chi connectivity index (χ4n) is 2.28. The molecule has 1 aromatic carbocycles. The van der Waals surface area contributed by atoms with E-state index in [1.165, 1.54) is 24.4 Å². The first-order valence-corrected chi connectivity index (χ1v) is 10.7. The maximum Gasteiger partial charge on any atom is 0.306 e. The second-order valence-corrected chi connectivity index (χ2v) is 8.56. The maximum atomic E-state index is 11.7. The Labute approximate surface area is 174 Å². The Hall–Kier alpha value is -3.41. The highest BCUT2D eigenvalue weighted by Gasteiger charge is 2.18. The van der Waals surface area contributed by atoms with Crippen molar-refractivity contribution < 1.29 is 22.2 Å². The van der Waals surface area contributed by atoms with E-state index >= 15 is 0 Å². The quantitative estimate of drug-likeness (QED) is 0.420. The molecular formula is C18H24N6O5S. The Bertz CT molecular complexity index is 1070. The summed E-state index contributed by atoms with van der Waals surface area (Å²) in [6, 6.07) is 4.04. The van der Waals surface area contributed by atoms with Gasteiger partial charge in [0.15, 0.2) is 5.75 Å². The van der Waals surface area contributed by atoms with Gasteiger partial charge in [0.1, 0.15) is 5.82 Å². The Balaban J connectivity index is 2.38. The van der Waals surface area contributed by atoms with E-state index in [0.29, 0.717) is 5.69 Å². The third-order valence-electron chi connectivity index (χ3n) is 4.16. The topological polar surface area (TPSA) is 179 Å². The van der Waals surface area contributed by atoms with Crippen LogP contribution in [0.3, 0.4) is 0 Å². The predicted octanol–water partition coefficient (Wildman–Crippen LogP) is 1.21. The first-order chi connectivity index (χ1) is 13.9. The van der Waals surface area contributed by atoms with E-state index in [2.05, 4.69) is 20.6 Å². The zero-order valence-electron chi connectivity index (χ0n) is 17.0. The normalized spacial score (nSPS) is 12.3. The summed E-state index contributed by atoms with van der Waals surface area (Å²) in [5.74, 6) is -1.13. The van der Waals surface area contributed by atoms with Gasteiger partial charge < -0.3 is 26.3 Å². The van der Waals surface area contributed by atoms with Crippen LogP contribution in [0.1, 0.15) is 41.5 Å². The lowest BCUT2D eigenvalue weighted by Crippen LogP contribution is -2.25. The van der Waals surface area contributed by atoms with E-state index in [1.807, 2.05) is 20.8 Å². The van der Waals surface area contributed by atoms with Crippen molar-refractivity contribution in [1.82, 2.24) is 9.97 Å². The van der Waals surface area contributed by atoms with E-state index < -0.39 is 21.9 Å². The monoisotopic (exact) mass is 436 g/mol. The van der Waals surface area contributed by atoms with Crippen LogP contribution in [0.4, 0.5) is 17.5 Å². The summed E-state index contributed by atoms with van der Waals surface area (Å²) in [5.41, 5.74) is 11.0. The SMILES string of the molecule is CC(C)C(C)Nc1nc(Nc2ccc(OS(C)(=O)=O)c(C(N)=O)c2)ncc1C(N)=O. The lowest BCUT2D eigenvalue weighted by molar-refractivity contribution is 0.0991. The fourth-order valence-corrected chi connectivity index (χ4v) is 2.75. The van der Waals surface area contributed by atoms with Gasteiger partial charge in [-0.15, -0.1) is 0 Å². The van der Waals surface area contributed by atoms with Crippen molar-refractivity contribution in [3.8, 4) is 5.75 Å². The van der Waals surface area contributed by atoms with Crippen LogP contribution in [-0.4, -0.2) is 42.5 Å². The average molecular weight is 436 g/mol. The van der Waals surface area contributed by atoms with Crippen molar-refractivity contribution in [2.45, 2.75) is 26.8 Å². The Morgan fingerprint density at radius 2 is 1.73 bits per heavy atom. The smallest absolute Gasteiger partial charge is 0.306 e. The number of benzene rings is 1. The second-order valence-electron chi connectivity index (χ2n) is 6.98. The zero-order valence-corrected chi connectivity index (χ0v) is 17.8. The number of aromatic nitrogens is 2. The van der Waals surface area contributed by atoms with E-state index in [1.54, 1.807) is 0 Å². The number of rotatable bonds is 9. The molecule has 2 amide bonds. The van der Waals surface area contributed by atoms with Crippen LogP contribution in [-0.2, 0) is 10.1 Å². The van der Waals surface area contributed by atoms with Gasteiger partial charge in [0, 0.05) is 17.9 Å². The number of amides is 2. The molecule has 6 N–H and O–H groups in total. The summed E-state index contributed by atoms with van der Waals surface area (Å²) in [4.78, 5) is 31.7. The van der Waals surface area contributed by atoms with E-state index in [9.17, 15) is 18.0 Å². The molecule has 0 aliphatic heterocycles. The summed E-state index contributed by atoms with van der Waals surface area (Å²) >= 11 is 0. The third-order valence-corrected chi connectivity index (χ3v) is 4.64. The molecule has 0 spiro atoms. The van der Waals surface area contributed by atoms with Gasteiger partial charge in [0.05, 0.1) is 17.4 Å². The van der Waals surface area contributed by atoms with Crippen LogP contribution in [0.5, 0.6) is 5.75 Å². The molecule has 1 atom stereocenters. The molecule has 11 nitrogen and oxygen atoms in total. The standard InChI is InChI=1S/C18H24N6O5S/c1-9(2)10(3)22-17-13(16(20)26)8-21-18(24-17)23-11-5-6-14(29-30(4,27)28)12(7-11)15(19)25/h5-10H,1-4H3,(H2,19,25)(H2,20,26)(H2,21,22,23,24). The second kappa shape index (κ2) is 8.95. The van der Waals surface area contributed by atoms with Gasteiger partial charge in [0.2, 0.25) is 5.95 Å². The Morgan fingerprint density at radius 3 is 2.27 bits per heavy atom. The Kier molecular flexibility index (Phi) is 6.82. The highest BCUT2D eigenvalue weighted by atomic mass is 32.2. The molecule has 0 saturated heterocycles. The number of nitrogens with two attached hydrogens (primary N) is 2. The maximum absolute atomic E-state index is 11.7. The van der Waals surface area contributed by atoms with Gasteiger partial charge >= 0.3 is 10.1 Å². The molecule has 0 fully saturated rings. The number of anilines is 3. The van der Waals surface area contributed by atoms with E-state index in [4.69, 9.17) is 15.7 Å². The van der Waals surface area contributed by atoms with Gasteiger partial charge in [-0.25, -0.2) is 4.98 Å². The molecule has 1 aromatic heterocycles. The average Bonchev–Trinajstić information content (AvgIpc) is 2.61. The molecule has 1 heterocycles. The van der Waals surface area contributed by atoms with Gasteiger partial charge in [-0.05, 0) is 31.0 Å². The minimum absolute atomic E-state index is 0.000241. The number of carbonyl (C=O) groups is 2. The molecule has 2 aromatic rings. The van der Waals surface area contributed by atoms with Crippen molar-refractivity contribution in [3.05, 3.63) is 35.5 Å². The number of carbonyl (C=O) groups excluding carboxylic acids is 2. The van der Waals surface area contributed by atoms with Gasteiger partial charge in [-0.2, -0.15) is 13.4 Å². The summed E-state index contributed by atoms with van der Waals surface area (Å²) in [6.07, 6.45) is 2.13. The first kappa shape index (κ1) is 22.9. The minimum Gasteiger partial charge on any atom is -0.382 e. The number of nitrogens with one attached hydrogen (secondary N) is 2. The van der Waals surface area contributed by atoms with Crippen LogP contribution < -0.4 is 26.3 Å². The van der Waals surface area contributed by atoms with E-state index in [0.717, 1.165) is 6.26 Å². The van der Waals surface area contributed by atoms with Crippen molar-refractivity contribution >= 4 is 39.4 Å². The number of hydrogen-bond acceptors (Lipinski definition) is 9. The van der Waals surface area contributed by atoms with Crippen LogP contribution in [0.15, 0.2) is 24.4 Å². The third kappa shape index (κ3) is 6.04. The lowest BCUT2D eigenvalue weighted by Gasteiger charge is -2.20. The summed E-state index contributed by atoms with van der Waals surface area (Å²) in [7, 11) is -3.85. The van der Waals surface area contributed by atoms with Crippen LogP contribution >= 0.6 is 0 Å². The van der Waals surface area contributed by atoms with Gasteiger partial charge in [-0.3, -0.25) is 9.59 Å². The largest absolute Gasteiger partial charge is 0.382 e. The minimum atomic E-state index is -3.85. The summed E-state index contributed by atoms with van der Waals surface area (Å²) < 4.78 is 27.5. The summed E-state index contributed by atoms with van der Waals surface area (Å²) in [6.45, 7) is 5.95. The summed E-state index contributed by atoms with van der Waals surface area (Å²) in [5, 5.41) is 6.00. The highest BCUT2D eigenvalue weighted by molar-refractivity contribution is 7.86. The molecule has 30 heavy (non-hydrogen) atoms. The molecule has 162 valence electrons. The van der Waals surface area contributed by atoms with Crippen molar-refractivity contribution in [3.63, 3.8) is 0 Å². The molecule has 0 radical (unpaired) electrons. The predicted molar refractivity (Wildman–Crippen MR) is 112 cm³/mol. The van der Waals surface area contributed by atoms with Crippen molar-refractivity contribution in [2.75, 3.05) is 16.9 Å². The molecule has 1 unspecified atom stereocenters.